The standard InChI is InChI=1S/C29H29FN6O2S/c1-15-7-5-8-18(23(15)30)21-11-17(29(3,4)31)12-22(35-21)38-24-19-13-36(14-20(19)24)28(37)25-16(2)34-27(39-25)26-32-9-6-10-33-26/h5-12,19-20,24H,13-14,31H2,1-4H3/t19-,20+,24?. The average molecular weight is 545 g/mol. The van der Waals surface area contributed by atoms with Crippen LogP contribution in [0.15, 0.2) is 48.8 Å². The van der Waals surface area contributed by atoms with Crippen molar-refractivity contribution in [1.82, 2.24) is 24.8 Å². The van der Waals surface area contributed by atoms with E-state index in [0.717, 1.165) is 5.56 Å². The van der Waals surface area contributed by atoms with Crippen molar-refractivity contribution in [2.45, 2.75) is 39.3 Å². The van der Waals surface area contributed by atoms with Gasteiger partial charge < -0.3 is 15.4 Å². The van der Waals surface area contributed by atoms with E-state index >= 15 is 0 Å². The minimum Gasteiger partial charge on any atom is -0.474 e. The number of carbonyl (C=O) groups is 1. The van der Waals surface area contributed by atoms with E-state index in [0.29, 0.717) is 57.2 Å². The summed E-state index contributed by atoms with van der Waals surface area (Å²) >= 11 is 1.32. The highest BCUT2D eigenvalue weighted by molar-refractivity contribution is 7.17. The summed E-state index contributed by atoms with van der Waals surface area (Å²) < 4.78 is 21.3. The predicted molar refractivity (Wildman–Crippen MR) is 147 cm³/mol. The molecule has 1 amide bonds. The van der Waals surface area contributed by atoms with Gasteiger partial charge in [0.1, 0.15) is 16.8 Å². The number of piperidine rings is 1. The lowest BCUT2D eigenvalue weighted by atomic mass is 9.94. The Labute approximate surface area is 230 Å². The summed E-state index contributed by atoms with van der Waals surface area (Å²) in [5.74, 6) is 1.04. The molecule has 2 N–H and O–H groups in total. The van der Waals surface area contributed by atoms with Gasteiger partial charge in [0.25, 0.3) is 5.91 Å². The molecule has 200 valence electrons. The number of rotatable bonds is 6. The number of pyridine rings is 1. The maximum atomic E-state index is 14.9. The number of hydrogen-bond acceptors (Lipinski definition) is 8. The molecule has 39 heavy (non-hydrogen) atoms. The van der Waals surface area contributed by atoms with Crippen molar-refractivity contribution in [2.75, 3.05) is 13.1 Å². The fraction of sp³-hybridized carbons (Fsp3) is 0.345. The van der Waals surface area contributed by atoms with E-state index in [-0.39, 0.29) is 29.7 Å². The van der Waals surface area contributed by atoms with Crippen LogP contribution in [0.5, 0.6) is 5.88 Å². The van der Waals surface area contributed by atoms with Crippen LogP contribution < -0.4 is 10.5 Å². The van der Waals surface area contributed by atoms with Gasteiger partial charge in [-0.25, -0.2) is 24.3 Å². The zero-order chi connectivity index (χ0) is 27.5. The van der Waals surface area contributed by atoms with Crippen molar-refractivity contribution < 1.29 is 13.9 Å². The molecule has 0 spiro atoms. The first-order valence-corrected chi connectivity index (χ1v) is 13.7. The van der Waals surface area contributed by atoms with Crippen LogP contribution in [0.3, 0.4) is 0 Å². The van der Waals surface area contributed by atoms with Gasteiger partial charge in [0.05, 0.1) is 11.4 Å². The van der Waals surface area contributed by atoms with Gasteiger partial charge in [-0.05, 0) is 57.0 Å². The first-order valence-electron chi connectivity index (χ1n) is 12.9. The molecule has 1 aliphatic carbocycles. The number of fused-ring (bicyclic) bond motifs is 1. The Morgan fingerprint density at radius 3 is 2.51 bits per heavy atom. The predicted octanol–water partition coefficient (Wildman–Crippen LogP) is 4.76. The highest BCUT2D eigenvalue weighted by atomic mass is 32.1. The van der Waals surface area contributed by atoms with Gasteiger partial charge in [-0.2, -0.15) is 0 Å². The van der Waals surface area contributed by atoms with Crippen LogP contribution in [0, 0.1) is 31.5 Å². The van der Waals surface area contributed by atoms with Crippen LogP contribution in [0.4, 0.5) is 4.39 Å². The smallest absolute Gasteiger partial charge is 0.265 e. The van der Waals surface area contributed by atoms with Crippen LogP contribution in [0.25, 0.3) is 22.1 Å². The number of thiazole rings is 1. The van der Waals surface area contributed by atoms with Crippen molar-refractivity contribution in [1.29, 1.82) is 0 Å². The normalized spacial score (nSPS) is 20.2. The first-order chi connectivity index (χ1) is 18.6. The van der Waals surface area contributed by atoms with Crippen LogP contribution in [-0.2, 0) is 5.54 Å². The van der Waals surface area contributed by atoms with E-state index in [1.807, 2.05) is 43.9 Å². The maximum absolute atomic E-state index is 14.9. The molecule has 3 aromatic heterocycles. The fourth-order valence-corrected chi connectivity index (χ4v) is 6.10. The van der Waals surface area contributed by atoms with Crippen LogP contribution in [-0.4, -0.2) is 49.9 Å². The monoisotopic (exact) mass is 544 g/mol. The molecule has 8 nitrogen and oxygen atoms in total. The molecule has 3 atom stereocenters. The Bertz CT molecular complexity index is 1560. The number of hydrogen-bond donors (Lipinski definition) is 1. The number of aromatic nitrogens is 4. The van der Waals surface area contributed by atoms with Crippen molar-refractivity contribution in [3.8, 4) is 28.0 Å². The van der Waals surface area contributed by atoms with Gasteiger partial charge in [-0.3, -0.25) is 4.79 Å². The summed E-state index contributed by atoms with van der Waals surface area (Å²) in [4.78, 5) is 33.5. The van der Waals surface area contributed by atoms with E-state index in [2.05, 4.69) is 19.9 Å². The molecule has 1 saturated carbocycles. The summed E-state index contributed by atoms with van der Waals surface area (Å²) in [6.07, 6.45) is 3.27. The minimum atomic E-state index is -0.658. The Morgan fingerprint density at radius 2 is 1.82 bits per heavy atom. The Morgan fingerprint density at radius 1 is 1.10 bits per heavy atom. The molecule has 6 rings (SSSR count). The number of amides is 1. The van der Waals surface area contributed by atoms with Crippen molar-refractivity contribution in [3.05, 3.63) is 76.3 Å². The van der Waals surface area contributed by atoms with E-state index in [1.165, 1.54) is 11.3 Å². The van der Waals surface area contributed by atoms with Crippen molar-refractivity contribution in [3.63, 3.8) is 0 Å². The number of benzene rings is 1. The molecule has 1 saturated heterocycles. The minimum absolute atomic E-state index is 0.0275. The van der Waals surface area contributed by atoms with E-state index < -0.39 is 5.54 Å². The third kappa shape index (κ3) is 4.79. The number of carbonyl (C=O) groups excluding carboxylic acids is 1. The molecule has 1 unspecified atom stereocenters. The molecular weight excluding hydrogens is 515 g/mol. The highest BCUT2D eigenvalue weighted by Gasteiger charge is 2.59. The average Bonchev–Trinajstić information content (AvgIpc) is 3.22. The third-order valence-electron chi connectivity index (χ3n) is 7.42. The topological polar surface area (TPSA) is 107 Å². The molecule has 10 heteroatoms. The van der Waals surface area contributed by atoms with Gasteiger partial charge in [0.15, 0.2) is 10.8 Å². The summed E-state index contributed by atoms with van der Waals surface area (Å²) in [5.41, 5.74) is 8.69. The zero-order valence-corrected chi connectivity index (χ0v) is 23.0. The lowest BCUT2D eigenvalue weighted by molar-refractivity contribution is 0.0755. The Hall–Kier alpha value is -3.76. The number of nitrogens with two attached hydrogens (primary N) is 1. The van der Waals surface area contributed by atoms with Gasteiger partial charge >= 0.3 is 0 Å². The summed E-state index contributed by atoms with van der Waals surface area (Å²) in [5, 5.41) is 0.636. The van der Waals surface area contributed by atoms with Gasteiger partial charge in [-0.1, -0.05) is 12.1 Å². The molecule has 0 bridgehead atoms. The highest BCUT2D eigenvalue weighted by Crippen LogP contribution is 2.48. The van der Waals surface area contributed by atoms with Crippen LogP contribution in [0.1, 0.15) is 40.3 Å². The molecule has 4 aromatic rings. The molecule has 1 aromatic carbocycles. The Balaban J connectivity index is 1.17. The number of nitrogens with zero attached hydrogens (tertiary/aromatic N) is 5. The second-order valence-electron chi connectivity index (χ2n) is 10.9. The second-order valence-corrected chi connectivity index (χ2v) is 11.9. The first kappa shape index (κ1) is 25.5. The number of ether oxygens (including phenoxy) is 1. The lowest BCUT2D eigenvalue weighted by Crippen LogP contribution is -2.33. The molecular formula is C29H29FN6O2S. The molecule has 4 heterocycles. The number of aryl methyl sites for hydroxylation is 2. The summed E-state index contributed by atoms with van der Waals surface area (Å²) in [7, 11) is 0. The van der Waals surface area contributed by atoms with E-state index in [1.54, 1.807) is 37.5 Å². The largest absolute Gasteiger partial charge is 0.474 e. The van der Waals surface area contributed by atoms with Gasteiger partial charge in [-0.15, -0.1) is 11.3 Å². The quantitative estimate of drug-likeness (QED) is 0.373. The van der Waals surface area contributed by atoms with E-state index in [4.69, 9.17) is 10.5 Å². The lowest BCUT2D eigenvalue weighted by Gasteiger charge is -2.22. The van der Waals surface area contributed by atoms with Gasteiger partial charge in [0, 0.05) is 54.5 Å². The maximum Gasteiger partial charge on any atom is 0.265 e. The van der Waals surface area contributed by atoms with Gasteiger partial charge in [0.2, 0.25) is 5.88 Å². The Kier molecular flexibility index (Phi) is 6.19. The van der Waals surface area contributed by atoms with Crippen LogP contribution >= 0.6 is 11.3 Å². The number of halogens is 1. The second kappa shape index (κ2) is 9.46. The molecule has 2 fully saturated rings. The fourth-order valence-electron chi connectivity index (χ4n) is 5.12. The van der Waals surface area contributed by atoms with E-state index in [9.17, 15) is 9.18 Å². The van der Waals surface area contributed by atoms with Crippen molar-refractivity contribution >= 4 is 17.2 Å². The summed E-state index contributed by atoms with van der Waals surface area (Å²) in [6.45, 7) is 8.57. The third-order valence-corrected chi connectivity index (χ3v) is 8.56. The summed E-state index contributed by atoms with van der Waals surface area (Å²) in [6, 6.07) is 10.7. The number of likely N-dealkylation sites (tertiary alicyclic amines) is 1. The molecule has 0 radical (unpaired) electrons. The zero-order valence-electron chi connectivity index (χ0n) is 22.2. The molecule has 2 aliphatic rings. The molecule has 1 aliphatic heterocycles. The SMILES string of the molecule is Cc1cccc(-c2cc(C(C)(C)N)cc(OC3[C@H]4CN(C(=O)c5sc(-c6ncccn6)nc5C)C[C@@H]34)n2)c1F. The van der Waals surface area contributed by atoms with Crippen LogP contribution in [0.2, 0.25) is 0 Å². The van der Waals surface area contributed by atoms with Crippen molar-refractivity contribution in [2.24, 2.45) is 17.6 Å².